The van der Waals surface area contributed by atoms with Gasteiger partial charge in [-0.3, -0.25) is 9.36 Å². The minimum atomic E-state index is -1.03. The van der Waals surface area contributed by atoms with Gasteiger partial charge in [-0.15, -0.1) is 0 Å². The lowest BCUT2D eigenvalue weighted by atomic mass is 10.1. The molecule has 1 aromatic heterocycles. The highest BCUT2D eigenvalue weighted by Gasteiger charge is 2.25. The molecule has 0 fully saturated rings. The van der Waals surface area contributed by atoms with Gasteiger partial charge in [0.2, 0.25) is 12.0 Å². The van der Waals surface area contributed by atoms with Crippen LogP contribution in [-0.4, -0.2) is 15.3 Å². The maximum absolute atomic E-state index is 13.0. The van der Waals surface area contributed by atoms with Gasteiger partial charge in [0.15, 0.2) is 0 Å². The molecule has 2 aromatic carbocycles. The van der Waals surface area contributed by atoms with Gasteiger partial charge in [-0.1, -0.05) is 23.2 Å². The van der Waals surface area contributed by atoms with Crippen molar-refractivity contribution in [3.63, 3.8) is 0 Å². The van der Waals surface area contributed by atoms with Crippen molar-refractivity contribution in [2.75, 3.05) is 0 Å². The molecule has 0 saturated carbocycles. The van der Waals surface area contributed by atoms with Crippen molar-refractivity contribution in [1.82, 2.24) is 9.55 Å². The molecule has 3 rings (SSSR count). The van der Waals surface area contributed by atoms with E-state index in [1.807, 2.05) is 0 Å². The Hall–Kier alpha value is -2.37. The minimum Gasteiger partial charge on any atom is -0.462 e. The summed E-state index contributed by atoms with van der Waals surface area (Å²) in [6.45, 7) is 0. The predicted molar refractivity (Wildman–Crippen MR) is 89.1 cm³/mol. The van der Waals surface area contributed by atoms with E-state index in [0.717, 1.165) is 0 Å². The van der Waals surface area contributed by atoms with Crippen LogP contribution < -0.4 is 4.74 Å². The van der Waals surface area contributed by atoms with Crippen LogP contribution in [0.4, 0.5) is 4.39 Å². The second-order valence-corrected chi connectivity index (χ2v) is 5.77. The summed E-state index contributed by atoms with van der Waals surface area (Å²) in [5.74, 6) is -0.430. The predicted octanol–water partition coefficient (Wildman–Crippen LogP) is 4.79. The summed E-state index contributed by atoms with van der Waals surface area (Å²) in [4.78, 5) is 16.8. The van der Waals surface area contributed by atoms with Gasteiger partial charge in [-0.25, -0.2) is 9.37 Å². The van der Waals surface area contributed by atoms with Crippen LogP contribution >= 0.6 is 23.2 Å². The number of nitrogens with zero attached hydrogens (tertiary/aromatic N) is 2. The number of carbonyl (C=O) groups excluding carboxylic acids is 1. The molecule has 122 valence electrons. The lowest BCUT2D eigenvalue weighted by Gasteiger charge is -2.19. The fourth-order valence-corrected chi connectivity index (χ4v) is 2.62. The average Bonchev–Trinajstić information content (AvgIpc) is 3.08. The monoisotopic (exact) mass is 364 g/mol. The summed E-state index contributed by atoms with van der Waals surface area (Å²) in [6, 6.07) is 9.97. The maximum Gasteiger partial charge on any atom is 0.241 e. The first-order chi connectivity index (χ1) is 11.5. The fourth-order valence-electron chi connectivity index (χ4n) is 2.12. The van der Waals surface area contributed by atoms with Gasteiger partial charge < -0.3 is 4.74 Å². The van der Waals surface area contributed by atoms with Crippen LogP contribution in [0.25, 0.3) is 0 Å². The Kier molecular flexibility index (Phi) is 4.83. The van der Waals surface area contributed by atoms with E-state index in [4.69, 9.17) is 27.9 Å². The first-order valence-electron chi connectivity index (χ1n) is 6.93. The lowest BCUT2D eigenvalue weighted by Crippen LogP contribution is -2.24. The number of hydrogen-bond acceptors (Lipinski definition) is 3. The van der Waals surface area contributed by atoms with Gasteiger partial charge >= 0.3 is 0 Å². The number of ketones is 1. The Morgan fingerprint density at radius 3 is 2.54 bits per heavy atom. The first-order valence-corrected chi connectivity index (χ1v) is 7.69. The van der Waals surface area contributed by atoms with E-state index in [2.05, 4.69) is 4.98 Å². The van der Waals surface area contributed by atoms with Crippen LogP contribution in [0.5, 0.6) is 5.75 Å². The largest absolute Gasteiger partial charge is 0.462 e. The van der Waals surface area contributed by atoms with Gasteiger partial charge in [0, 0.05) is 23.0 Å². The Morgan fingerprint density at radius 1 is 1.17 bits per heavy atom. The zero-order valence-corrected chi connectivity index (χ0v) is 13.7. The van der Waals surface area contributed by atoms with E-state index in [-0.39, 0.29) is 16.4 Å². The number of halogens is 3. The van der Waals surface area contributed by atoms with E-state index in [1.165, 1.54) is 53.5 Å². The third kappa shape index (κ3) is 3.58. The molecule has 0 aliphatic heterocycles. The summed E-state index contributed by atoms with van der Waals surface area (Å²) in [6.07, 6.45) is 3.54. The molecule has 1 atom stereocenters. The number of imidazole rings is 1. The Balaban J connectivity index is 1.95. The number of ether oxygens (including phenoxy) is 1. The van der Waals surface area contributed by atoms with Crippen molar-refractivity contribution in [1.29, 1.82) is 0 Å². The topological polar surface area (TPSA) is 44.1 Å². The molecule has 3 aromatic rings. The summed E-state index contributed by atoms with van der Waals surface area (Å²) >= 11 is 12.0. The van der Waals surface area contributed by atoms with E-state index < -0.39 is 12.0 Å². The normalized spacial score (nSPS) is 12.0. The van der Waals surface area contributed by atoms with E-state index >= 15 is 0 Å². The van der Waals surface area contributed by atoms with Crippen LogP contribution in [0.15, 0.2) is 61.2 Å². The molecule has 4 nitrogen and oxygen atoms in total. The average molecular weight is 365 g/mol. The van der Waals surface area contributed by atoms with Crippen molar-refractivity contribution in [2.45, 2.75) is 6.23 Å². The van der Waals surface area contributed by atoms with Gasteiger partial charge in [0.1, 0.15) is 11.6 Å². The molecule has 0 aliphatic rings. The molecular weight excluding hydrogens is 354 g/mol. The van der Waals surface area contributed by atoms with Gasteiger partial charge in [0.25, 0.3) is 0 Å². The highest BCUT2D eigenvalue weighted by atomic mass is 35.5. The van der Waals surface area contributed by atoms with Crippen molar-refractivity contribution in [3.05, 3.63) is 82.6 Å². The summed E-state index contributed by atoms with van der Waals surface area (Å²) in [5, 5.41) is 0.649. The molecule has 0 N–H and O–H groups in total. The van der Waals surface area contributed by atoms with Crippen molar-refractivity contribution >= 4 is 29.0 Å². The van der Waals surface area contributed by atoms with Crippen LogP contribution in [-0.2, 0) is 0 Å². The summed E-state index contributed by atoms with van der Waals surface area (Å²) in [5.41, 5.74) is 0.266. The van der Waals surface area contributed by atoms with Crippen LogP contribution in [0, 0.1) is 5.82 Å². The molecule has 7 heteroatoms. The summed E-state index contributed by atoms with van der Waals surface area (Å²) in [7, 11) is 0. The van der Waals surface area contributed by atoms with Crippen molar-refractivity contribution in [3.8, 4) is 5.75 Å². The molecule has 24 heavy (non-hydrogen) atoms. The van der Waals surface area contributed by atoms with E-state index in [9.17, 15) is 9.18 Å². The second-order valence-electron chi connectivity index (χ2n) is 4.92. The molecule has 0 unspecified atom stereocenters. The maximum atomic E-state index is 13.0. The van der Waals surface area contributed by atoms with Gasteiger partial charge in [-0.2, -0.15) is 0 Å². The van der Waals surface area contributed by atoms with Crippen molar-refractivity contribution < 1.29 is 13.9 Å². The highest BCUT2D eigenvalue weighted by molar-refractivity contribution is 6.36. The third-order valence-corrected chi connectivity index (χ3v) is 3.83. The number of hydrogen-bond donors (Lipinski definition) is 0. The standard InChI is InChI=1S/C17H11Cl2FN2O2/c18-11-1-6-14(15(19)9-11)16(23)17(22-8-7-21-10-22)24-13-4-2-12(20)3-5-13/h1-10,17H/t17-/m0/s1. The molecule has 0 aliphatic carbocycles. The Bertz CT molecular complexity index is 852. The Morgan fingerprint density at radius 2 is 1.92 bits per heavy atom. The SMILES string of the molecule is O=C(c1ccc(Cl)cc1Cl)[C@H](Oc1ccc(F)cc1)n1ccnc1. The van der Waals surface area contributed by atoms with Crippen LogP contribution in [0.3, 0.4) is 0 Å². The smallest absolute Gasteiger partial charge is 0.241 e. The highest BCUT2D eigenvalue weighted by Crippen LogP contribution is 2.27. The number of benzene rings is 2. The molecular formula is C17H11Cl2FN2O2. The third-order valence-electron chi connectivity index (χ3n) is 3.28. The Labute approximate surface area is 147 Å². The zero-order chi connectivity index (χ0) is 17.1. The number of carbonyl (C=O) groups is 1. The molecule has 0 amide bonds. The summed E-state index contributed by atoms with van der Waals surface area (Å²) < 4.78 is 20.3. The van der Waals surface area contributed by atoms with Crippen molar-refractivity contribution in [2.24, 2.45) is 0 Å². The van der Waals surface area contributed by atoms with E-state index in [0.29, 0.717) is 10.8 Å². The molecule has 0 saturated heterocycles. The van der Waals surface area contributed by atoms with E-state index in [1.54, 1.807) is 12.3 Å². The first kappa shape index (κ1) is 16.5. The second kappa shape index (κ2) is 7.03. The minimum absolute atomic E-state index is 0.223. The van der Waals surface area contributed by atoms with Crippen LogP contribution in [0.2, 0.25) is 10.0 Å². The lowest BCUT2D eigenvalue weighted by molar-refractivity contribution is 0.0653. The van der Waals surface area contributed by atoms with Gasteiger partial charge in [-0.05, 0) is 42.5 Å². The van der Waals surface area contributed by atoms with Gasteiger partial charge in [0.05, 0.1) is 11.3 Å². The molecule has 0 bridgehead atoms. The zero-order valence-electron chi connectivity index (χ0n) is 12.2. The molecule has 0 radical (unpaired) electrons. The fraction of sp³-hybridized carbons (Fsp3) is 0.0588. The molecule has 1 heterocycles. The number of rotatable bonds is 5. The number of Topliss-reactive ketones (excluding diaryl/α,β-unsaturated/α-hetero) is 1. The number of aromatic nitrogens is 2. The van der Waals surface area contributed by atoms with Crippen LogP contribution in [0.1, 0.15) is 16.6 Å². The quantitative estimate of drug-likeness (QED) is 0.611. The molecule has 0 spiro atoms.